The monoisotopic (exact) mass is 402 g/mol. The zero-order chi connectivity index (χ0) is 20.2. The summed E-state index contributed by atoms with van der Waals surface area (Å²) in [5.41, 5.74) is 4.36. The first kappa shape index (κ1) is 18.8. The van der Waals surface area contributed by atoms with E-state index in [9.17, 15) is 9.59 Å². The quantitative estimate of drug-likeness (QED) is 0.487. The van der Waals surface area contributed by atoms with Crippen molar-refractivity contribution in [3.63, 3.8) is 0 Å². The third kappa shape index (κ3) is 4.67. The number of aliphatic carboxylic acids is 1. The Morgan fingerprint density at radius 1 is 0.897 bits per heavy atom. The molecule has 0 aliphatic rings. The minimum atomic E-state index is -0.905. The Morgan fingerprint density at radius 3 is 2.52 bits per heavy atom. The highest BCUT2D eigenvalue weighted by atomic mass is 32.1. The zero-order valence-electron chi connectivity index (χ0n) is 15.5. The van der Waals surface area contributed by atoms with E-state index in [1.54, 1.807) is 24.3 Å². The molecule has 6 heteroatoms. The van der Waals surface area contributed by atoms with Crippen LogP contribution < -0.4 is 5.32 Å². The second-order valence-corrected chi connectivity index (χ2v) is 7.77. The van der Waals surface area contributed by atoms with Gasteiger partial charge in [-0.2, -0.15) is 0 Å². The molecular weight excluding hydrogens is 384 g/mol. The molecule has 0 unspecified atom stereocenters. The van der Waals surface area contributed by atoms with Crippen molar-refractivity contribution in [1.29, 1.82) is 0 Å². The van der Waals surface area contributed by atoms with Crippen LogP contribution in [0.25, 0.3) is 21.3 Å². The first-order chi connectivity index (χ1) is 14.1. The van der Waals surface area contributed by atoms with Gasteiger partial charge in [0.15, 0.2) is 0 Å². The van der Waals surface area contributed by atoms with Crippen LogP contribution in [0.4, 0.5) is 5.69 Å². The highest BCUT2D eigenvalue weighted by molar-refractivity contribution is 7.18. The summed E-state index contributed by atoms with van der Waals surface area (Å²) in [7, 11) is 0. The molecule has 0 spiro atoms. The van der Waals surface area contributed by atoms with Gasteiger partial charge >= 0.3 is 5.97 Å². The highest BCUT2D eigenvalue weighted by Gasteiger charge is 2.11. The number of hydrogen-bond donors (Lipinski definition) is 2. The van der Waals surface area contributed by atoms with E-state index < -0.39 is 5.97 Å². The minimum Gasteiger partial charge on any atom is -0.481 e. The molecule has 4 aromatic rings. The first-order valence-corrected chi connectivity index (χ1v) is 9.94. The maximum Gasteiger partial charge on any atom is 0.307 e. The van der Waals surface area contributed by atoms with E-state index in [1.807, 2.05) is 30.3 Å². The molecule has 1 amide bonds. The summed E-state index contributed by atoms with van der Waals surface area (Å²) in [4.78, 5) is 27.8. The maximum atomic E-state index is 12.4. The van der Waals surface area contributed by atoms with E-state index in [1.165, 1.54) is 11.3 Å². The van der Waals surface area contributed by atoms with Gasteiger partial charge in [-0.1, -0.05) is 48.5 Å². The molecule has 29 heavy (non-hydrogen) atoms. The van der Waals surface area contributed by atoms with Crippen molar-refractivity contribution < 1.29 is 14.7 Å². The molecular formula is C23H18N2O3S. The second-order valence-electron chi connectivity index (χ2n) is 6.65. The minimum absolute atomic E-state index is 0.0780. The Balaban J connectivity index is 1.48. The van der Waals surface area contributed by atoms with Crippen molar-refractivity contribution in [3.8, 4) is 11.1 Å². The lowest BCUT2D eigenvalue weighted by molar-refractivity contribution is -0.136. The number of carboxylic acids is 1. The van der Waals surface area contributed by atoms with Crippen LogP contribution >= 0.6 is 11.3 Å². The summed E-state index contributed by atoms with van der Waals surface area (Å²) in [6.45, 7) is 0. The van der Waals surface area contributed by atoms with Crippen molar-refractivity contribution in [2.45, 2.75) is 12.8 Å². The molecule has 0 radical (unpaired) electrons. The van der Waals surface area contributed by atoms with Crippen molar-refractivity contribution in [3.05, 3.63) is 83.4 Å². The second kappa shape index (κ2) is 8.24. The van der Waals surface area contributed by atoms with E-state index in [2.05, 4.69) is 28.5 Å². The van der Waals surface area contributed by atoms with Gasteiger partial charge in [0.05, 0.1) is 23.1 Å². The number of rotatable bonds is 6. The predicted molar refractivity (Wildman–Crippen MR) is 115 cm³/mol. The highest BCUT2D eigenvalue weighted by Crippen LogP contribution is 2.28. The Kier molecular flexibility index (Phi) is 5.35. The van der Waals surface area contributed by atoms with Crippen molar-refractivity contribution >= 4 is 39.1 Å². The van der Waals surface area contributed by atoms with Crippen LogP contribution in [0, 0.1) is 0 Å². The van der Waals surface area contributed by atoms with Gasteiger partial charge in [-0.25, -0.2) is 4.98 Å². The summed E-state index contributed by atoms with van der Waals surface area (Å²) in [6, 6.07) is 23.1. The van der Waals surface area contributed by atoms with Crippen LogP contribution in [0.5, 0.6) is 0 Å². The van der Waals surface area contributed by atoms with E-state index in [4.69, 9.17) is 5.11 Å². The Bertz CT molecular complexity index is 1190. The SMILES string of the molecule is O=C(O)Cc1cccc(NC(=O)Cc2nc3ccc(-c4ccccc4)cc3s2)c1. The fourth-order valence-corrected chi connectivity index (χ4v) is 4.14. The van der Waals surface area contributed by atoms with Crippen LogP contribution in [0.2, 0.25) is 0 Å². The Labute approximate surface area is 171 Å². The average molecular weight is 402 g/mol. The number of anilines is 1. The number of carboxylic acid groups (broad SMARTS) is 1. The largest absolute Gasteiger partial charge is 0.481 e. The van der Waals surface area contributed by atoms with Crippen molar-refractivity contribution in [2.24, 2.45) is 0 Å². The zero-order valence-corrected chi connectivity index (χ0v) is 16.3. The van der Waals surface area contributed by atoms with Crippen LogP contribution in [0.15, 0.2) is 72.8 Å². The van der Waals surface area contributed by atoms with E-state index in [-0.39, 0.29) is 18.7 Å². The molecule has 144 valence electrons. The number of carbonyl (C=O) groups excluding carboxylic acids is 1. The molecule has 5 nitrogen and oxygen atoms in total. The molecule has 1 heterocycles. The molecule has 0 aliphatic carbocycles. The van der Waals surface area contributed by atoms with Gasteiger partial charge < -0.3 is 10.4 Å². The lowest BCUT2D eigenvalue weighted by Gasteiger charge is -2.05. The maximum absolute atomic E-state index is 12.4. The average Bonchev–Trinajstić information content (AvgIpc) is 3.09. The van der Waals surface area contributed by atoms with Gasteiger partial charge in [-0.05, 0) is 41.0 Å². The Hall–Kier alpha value is -3.51. The molecule has 2 N–H and O–H groups in total. The topological polar surface area (TPSA) is 79.3 Å². The van der Waals surface area contributed by atoms with Gasteiger partial charge in [0.1, 0.15) is 5.01 Å². The molecule has 0 saturated carbocycles. The number of nitrogens with one attached hydrogen (secondary N) is 1. The van der Waals surface area contributed by atoms with Gasteiger partial charge in [0.25, 0.3) is 0 Å². The fraction of sp³-hybridized carbons (Fsp3) is 0.0870. The normalized spacial score (nSPS) is 10.8. The number of amides is 1. The van der Waals surface area contributed by atoms with E-state index in [0.717, 1.165) is 26.4 Å². The van der Waals surface area contributed by atoms with Crippen molar-refractivity contribution in [1.82, 2.24) is 4.98 Å². The predicted octanol–water partition coefficient (Wildman–Crippen LogP) is 4.77. The lowest BCUT2D eigenvalue weighted by Crippen LogP contribution is -2.14. The van der Waals surface area contributed by atoms with E-state index >= 15 is 0 Å². The number of nitrogens with zero attached hydrogens (tertiary/aromatic N) is 1. The van der Waals surface area contributed by atoms with Gasteiger partial charge in [-0.3, -0.25) is 9.59 Å². The number of aromatic nitrogens is 1. The summed E-state index contributed by atoms with van der Waals surface area (Å²) in [6.07, 6.45) is 0.0918. The van der Waals surface area contributed by atoms with E-state index in [0.29, 0.717) is 11.3 Å². The smallest absolute Gasteiger partial charge is 0.307 e. The van der Waals surface area contributed by atoms with Crippen LogP contribution in [0.1, 0.15) is 10.6 Å². The number of carbonyl (C=O) groups is 2. The van der Waals surface area contributed by atoms with Crippen LogP contribution in [-0.4, -0.2) is 22.0 Å². The summed E-state index contributed by atoms with van der Waals surface area (Å²) in [5, 5.41) is 12.5. The molecule has 4 rings (SSSR count). The molecule has 0 bridgehead atoms. The third-order valence-electron chi connectivity index (χ3n) is 4.42. The molecule has 0 atom stereocenters. The van der Waals surface area contributed by atoms with Gasteiger partial charge in [-0.15, -0.1) is 11.3 Å². The van der Waals surface area contributed by atoms with Gasteiger partial charge in [0, 0.05) is 5.69 Å². The Morgan fingerprint density at radius 2 is 1.72 bits per heavy atom. The molecule has 0 aliphatic heterocycles. The van der Waals surface area contributed by atoms with Crippen LogP contribution in [0.3, 0.4) is 0 Å². The molecule has 1 aromatic heterocycles. The first-order valence-electron chi connectivity index (χ1n) is 9.12. The number of thiazole rings is 1. The molecule has 0 fully saturated rings. The molecule has 3 aromatic carbocycles. The van der Waals surface area contributed by atoms with Crippen LogP contribution in [-0.2, 0) is 22.4 Å². The number of fused-ring (bicyclic) bond motifs is 1. The summed E-state index contributed by atoms with van der Waals surface area (Å²) < 4.78 is 1.04. The fourth-order valence-electron chi connectivity index (χ4n) is 3.13. The summed E-state index contributed by atoms with van der Waals surface area (Å²) >= 11 is 1.51. The van der Waals surface area contributed by atoms with Crippen molar-refractivity contribution in [2.75, 3.05) is 5.32 Å². The van der Waals surface area contributed by atoms with Gasteiger partial charge in [0.2, 0.25) is 5.91 Å². The standard InChI is InChI=1S/C23H18N2O3S/c26-21(24-18-8-4-5-15(11-18)12-23(27)28)14-22-25-19-10-9-17(13-20(19)29-22)16-6-2-1-3-7-16/h1-11,13H,12,14H2,(H,24,26)(H,27,28). The summed E-state index contributed by atoms with van der Waals surface area (Å²) in [5.74, 6) is -1.09. The third-order valence-corrected chi connectivity index (χ3v) is 5.44. The lowest BCUT2D eigenvalue weighted by atomic mass is 10.1. The number of benzene rings is 3. The number of hydrogen-bond acceptors (Lipinski definition) is 4. The molecule has 0 saturated heterocycles.